The second-order valence-corrected chi connectivity index (χ2v) is 11.7. The lowest BCUT2D eigenvalue weighted by molar-refractivity contribution is -0.150. The number of nitrogen functional groups attached to an aromatic ring is 1. The minimum Gasteiger partial charge on any atom is -0.477 e. The number of nitroso groups, excluding NO2 is 1. The molecule has 1 unspecified atom stereocenters. The molecule has 2 aliphatic heterocycles. The van der Waals surface area contributed by atoms with Crippen LogP contribution in [0, 0.1) is 4.91 Å². The zero-order valence-electron chi connectivity index (χ0n) is 18.5. The van der Waals surface area contributed by atoms with E-state index in [4.69, 9.17) is 11.5 Å². The maximum absolute atomic E-state index is 13.0. The number of nitrogens with zero attached hydrogens (tertiary/aromatic N) is 4. The van der Waals surface area contributed by atoms with Crippen molar-refractivity contribution in [3.8, 4) is 0 Å². The van der Waals surface area contributed by atoms with Gasteiger partial charge < -0.3 is 21.9 Å². The molecule has 0 aliphatic carbocycles. The van der Waals surface area contributed by atoms with Crippen LogP contribution in [0.3, 0.4) is 0 Å². The topological polar surface area (TPSA) is 194 Å². The molecule has 2 aromatic rings. The number of thiazole rings is 1. The number of anilines is 1. The SMILES string of the molecule is NCCSCc1cnccc1SC1=C(C(=O)O)N2C(=O)[C@@H](NC(=O)C(N=O)c3ncsc3N)[C@@H]2SC1. The van der Waals surface area contributed by atoms with E-state index in [1.165, 1.54) is 33.9 Å². The van der Waals surface area contributed by atoms with Crippen molar-refractivity contribution in [3.63, 3.8) is 0 Å². The number of fused-ring (bicyclic) bond motifs is 1. The number of rotatable bonds is 11. The van der Waals surface area contributed by atoms with E-state index in [-0.39, 0.29) is 16.4 Å². The molecule has 6 N–H and O–H groups in total. The van der Waals surface area contributed by atoms with E-state index >= 15 is 0 Å². The normalized spacial score (nSPS) is 19.9. The molecule has 4 heterocycles. The van der Waals surface area contributed by atoms with Gasteiger partial charge in [0.25, 0.3) is 11.8 Å². The predicted molar refractivity (Wildman–Crippen MR) is 140 cm³/mol. The Hall–Kier alpha value is -2.66. The molecule has 0 radical (unpaired) electrons. The van der Waals surface area contributed by atoms with Gasteiger partial charge in [0.15, 0.2) is 0 Å². The Bertz CT molecular complexity index is 1220. The Morgan fingerprint density at radius 3 is 2.89 bits per heavy atom. The lowest BCUT2D eigenvalue weighted by atomic mass is 10.0. The number of nitrogens with two attached hydrogens (primary N) is 2. The smallest absolute Gasteiger partial charge is 0.353 e. The summed E-state index contributed by atoms with van der Waals surface area (Å²) in [5.41, 5.74) is 13.6. The highest BCUT2D eigenvalue weighted by Gasteiger charge is 2.55. The van der Waals surface area contributed by atoms with Crippen LogP contribution in [0.1, 0.15) is 17.3 Å². The van der Waals surface area contributed by atoms with Gasteiger partial charge in [0, 0.05) is 46.0 Å². The zero-order valence-corrected chi connectivity index (χ0v) is 21.8. The van der Waals surface area contributed by atoms with Crippen molar-refractivity contribution in [2.75, 3.05) is 23.8 Å². The number of carboxylic acid groups (broad SMARTS) is 1. The van der Waals surface area contributed by atoms with Gasteiger partial charge in [-0.25, -0.2) is 9.78 Å². The molecule has 1 fully saturated rings. The summed E-state index contributed by atoms with van der Waals surface area (Å²) in [6.45, 7) is 0.551. The van der Waals surface area contributed by atoms with Crippen LogP contribution in [0.25, 0.3) is 0 Å². The lowest BCUT2D eigenvalue weighted by Gasteiger charge is -2.49. The van der Waals surface area contributed by atoms with E-state index in [0.29, 0.717) is 23.0 Å². The van der Waals surface area contributed by atoms with Gasteiger partial charge in [-0.05, 0) is 16.8 Å². The Kier molecular flexibility index (Phi) is 8.50. The summed E-state index contributed by atoms with van der Waals surface area (Å²) >= 11 is 5.32. The third-order valence-corrected chi connectivity index (χ3v) is 9.66. The van der Waals surface area contributed by atoms with Crippen LogP contribution < -0.4 is 16.8 Å². The summed E-state index contributed by atoms with van der Waals surface area (Å²) in [4.78, 5) is 59.8. The van der Waals surface area contributed by atoms with Crippen LogP contribution in [-0.2, 0) is 20.1 Å². The molecule has 0 bridgehead atoms. The molecule has 4 rings (SSSR count). The molecule has 36 heavy (non-hydrogen) atoms. The van der Waals surface area contributed by atoms with Gasteiger partial charge in [-0.2, -0.15) is 11.8 Å². The number of β-lactam (4-membered cyclic amide) rings is 1. The number of carbonyl (C=O) groups is 3. The third kappa shape index (κ3) is 5.22. The van der Waals surface area contributed by atoms with Gasteiger partial charge in [0.1, 0.15) is 27.8 Å². The number of hydrogen-bond acceptors (Lipinski definition) is 13. The second kappa shape index (κ2) is 11.6. The fourth-order valence-corrected chi connectivity index (χ4v) is 7.60. The number of carbonyl (C=O) groups excluding carboxylic acids is 2. The number of carboxylic acids is 1. The molecule has 12 nitrogen and oxygen atoms in total. The summed E-state index contributed by atoms with van der Waals surface area (Å²) < 4.78 is 0. The molecule has 1 saturated heterocycles. The maximum Gasteiger partial charge on any atom is 0.353 e. The van der Waals surface area contributed by atoms with Crippen molar-refractivity contribution in [3.05, 3.63) is 50.7 Å². The standard InChI is InChI=1S/C20H21N7O5S4/c21-2-4-33-6-9-5-23-3-1-10(9)36-11-7-34-19-14(18(29)27(19)15(11)20(30)31)25-17(28)13(26-32)12-16(22)35-8-24-12/h1,3,5,8,13-14,19H,2,4,6-7,21-22H2,(H,25,28)(H,30,31)/t13?,14-,19+/m1/s1. The summed E-state index contributed by atoms with van der Waals surface area (Å²) in [7, 11) is 0. The van der Waals surface area contributed by atoms with E-state index in [0.717, 1.165) is 27.5 Å². The van der Waals surface area contributed by atoms with Crippen molar-refractivity contribution < 1.29 is 19.5 Å². The zero-order chi connectivity index (χ0) is 25.8. The van der Waals surface area contributed by atoms with Gasteiger partial charge in [-0.15, -0.1) is 28.0 Å². The van der Waals surface area contributed by atoms with E-state index in [1.54, 1.807) is 24.2 Å². The first-order chi connectivity index (χ1) is 17.4. The Morgan fingerprint density at radius 1 is 1.42 bits per heavy atom. The molecule has 2 aromatic heterocycles. The van der Waals surface area contributed by atoms with Gasteiger partial charge in [-0.1, -0.05) is 11.8 Å². The quantitative estimate of drug-likeness (QED) is 0.174. The molecular weight excluding hydrogens is 547 g/mol. The van der Waals surface area contributed by atoms with E-state index in [2.05, 4.69) is 20.5 Å². The van der Waals surface area contributed by atoms with Gasteiger partial charge in [0.2, 0.25) is 6.04 Å². The Morgan fingerprint density at radius 2 is 2.22 bits per heavy atom. The molecule has 0 aromatic carbocycles. The summed E-state index contributed by atoms with van der Waals surface area (Å²) in [5, 5.41) is 14.8. The summed E-state index contributed by atoms with van der Waals surface area (Å²) in [5.74, 6) is -0.870. The molecule has 3 atom stereocenters. The fourth-order valence-electron chi connectivity index (χ4n) is 3.61. The first-order valence-corrected chi connectivity index (χ1v) is 14.4. The molecule has 2 aliphatic rings. The van der Waals surface area contributed by atoms with Crippen molar-refractivity contribution in [1.82, 2.24) is 20.2 Å². The van der Waals surface area contributed by atoms with E-state index in [1.807, 2.05) is 6.07 Å². The van der Waals surface area contributed by atoms with Crippen LogP contribution in [0.4, 0.5) is 5.00 Å². The molecule has 2 amide bonds. The number of aliphatic carboxylic acids is 1. The van der Waals surface area contributed by atoms with Crippen LogP contribution in [0.2, 0.25) is 0 Å². The number of aromatic nitrogens is 2. The highest BCUT2D eigenvalue weighted by Crippen LogP contribution is 2.46. The molecule has 0 saturated carbocycles. The van der Waals surface area contributed by atoms with Crippen LogP contribution >= 0.6 is 46.6 Å². The highest BCUT2D eigenvalue weighted by molar-refractivity contribution is 8.06. The molecule has 16 heteroatoms. The molecule has 190 valence electrons. The third-order valence-electron chi connectivity index (χ3n) is 5.28. The minimum absolute atomic E-state index is 0.0232. The first kappa shape index (κ1) is 26.4. The van der Waals surface area contributed by atoms with Crippen LogP contribution in [-0.4, -0.2) is 67.2 Å². The molecular formula is C20H21N7O5S4. The van der Waals surface area contributed by atoms with Crippen molar-refractivity contribution >= 4 is 69.4 Å². The fraction of sp³-hybridized carbons (Fsp3) is 0.350. The Balaban J connectivity index is 1.51. The van der Waals surface area contributed by atoms with E-state index in [9.17, 15) is 24.4 Å². The average molecular weight is 568 g/mol. The molecule has 0 spiro atoms. The second-order valence-electron chi connectivity index (χ2n) is 7.51. The maximum atomic E-state index is 13.0. The van der Waals surface area contributed by atoms with Crippen molar-refractivity contribution in [2.24, 2.45) is 10.9 Å². The summed E-state index contributed by atoms with van der Waals surface area (Å²) in [6, 6.07) is -0.699. The monoisotopic (exact) mass is 567 g/mol. The minimum atomic E-state index is -1.51. The number of hydrogen-bond donors (Lipinski definition) is 4. The first-order valence-electron chi connectivity index (χ1n) is 10.5. The predicted octanol–water partition coefficient (Wildman–Crippen LogP) is 1.61. The van der Waals surface area contributed by atoms with Crippen LogP contribution in [0.15, 0.2) is 44.6 Å². The number of amides is 2. The van der Waals surface area contributed by atoms with E-state index < -0.39 is 35.2 Å². The lowest BCUT2D eigenvalue weighted by Crippen LogP contribution is -2.70. The summed E-state index contributed by atoms with van der Waals surface area (Å²) in [6.07, 6.45) is 3.37. The van der Waals surface area contributed by atoms with Gasteiger partial charge in [0.05, 0.1) is 5.51 Å². The Labute approximate surface area is 222 Å². The number of nitrogens with one attached hydrogen (secondary N) is 1. The van der Waals surface area contributed by atoms with Gasteiger partial charge in [-0.3, -0.25) is 19.5 Å². The number of pyridine rings is 1. The van der Waals surface area contributed by atoms with Crippen LogP contribution in [0.5, 0.6) is 0 Å². The average Bonchev–Trinajstić information content (AvgIpc) is 3.29. The van der Waals surface area contributed by atoms with Crippen molar-refractivity contribution in [1.29, 1.82) is 0 Å². The highest BCUT2D eigenvalue weighted by atomic mass is 32.2. The largest absolute Gasteiger partial charge is 0.477 e. The van der Waals surface area contributed by atoms with Crippen molar-refractivity contribution in [2.45, 2.75) is 28.1 Å². The van der Waals surface area contributed by atoms with Gasteiger partial charge >= 0.3 is 5.97 Å². The number of thioether (sulfide) groups is 3.